The topological polar surface area (TPSA) is 29.1 Å². The second-order valence-corrected chi connectivity index (χ2v) is 3.63. The average Bonchev–Trinajstić information content (AvgIpc) is 2.14. The number of nitrogens with one attached hydrogen (secondary N) is 1. The van der Waals surface area contributed by atoms with Crippen LogP contribution < -0.4 is 5.32 Å². The summed E-state index contributed by atoms with van der Waals surface area (Å²) in [7, 11) is 0. The zero-order valence-electron chi connectivity index (χ0n) is 7.98. The summed E-state index contributed by atoms with van der Waals surface area (Å²) in [6, 6.07) is -0.100. The molecule has 3 heteroatoms. The molecule has 0 saturated carbocycles. The summed E-state index contributed by atoms with van der Waals surface area (Å²) >= 11 is 3.31. The van der Waals surface area contributed by atoms with Crippen molar-refractivity contribution in [2.24, 2.45) is 0 Å². The van der Waals surface area contributed by atoms with Crippen molar-refractivity contribution >= 4 is 21.8 Å². The minimum atomic E-state index is -0.100. The molecule has 0 rings (SSSR count). The molecule has 0 aliphatic carbocycles. The molecule has 1 amide bonds. The molecule has 0 aromatic heterocycles. The zero-order valence-corrected chi connectivity index (χ0v) is 9.56. The first kappa shape index (κ1) is 12.5. The fraction of sp³-hybridized carbons (Fsp3) is 0.700. The molecule has 0 bridgehead atoms. The van der Waals surface area contributed by atoms with E-state index in [0.29, 0.717) is 6.42 Å². The van der Waals surface area contributed by atoms with Gasteiger partial charge >= 0.3 is 0 Å². The highest BCUT2D eigenvalue weighted by molar-refractivity contribution is 9.09. The SMILES string of the molecule is C#CC(CC)NC(=O)CCCCBr. The van der Waals surface area contributed by atoms with Gasteiger partial charge in [-0.05, 0) is 19.3 Å². The molecule has 2 nitrogen and oxygen atoms in total. The molecular weight excluding hydrogens is 230 g/mol. The van der Waals surface area contributed by atoms with Gasteiger partial charge in [-0.1, -0.05) is 28.8 Å². The summed E-state index contributed by atoms with van der Waals surface area (Å²) in [5.41, 5.74) is 0. The van der Waals surface area contributed by atoms with Gasteiger partial charge in [-0.2, -0.15) is 0 Å². The molecule has 0 aliphatic rings. The van der Waals surface area contributed by atoms with Gasteiger partial charge in [0.05, 0.1) is 6.04 Å². The van der Waals surface area contributed by atoms with E-state index in [-0.39, 0.29) is 11.9 Å². The highest BCUT2D eigenvalue weighted by Crippen LogP contribution is 1.99. The highest BCUT2D eigenvalue weighted by atomic mass is 79.9. The number of rotatable bonds is 6. The summed E-state index contributed by atoms with van der Waals surface area (Å²) < 4.78 is 0. The van der Waals surface area contributed by atoms with Crippen LogP contribution in [0.3, 0.4) is 0 Å². The Balaban J connectivity index is 3.56. The van der Waals surface area contributed by atoms with Gasteiger partial charge in [-0.15, -0.1) is 6.42 Å². The minimum Gasteiger partial charge on any atom is -0.342 e. The summed E-state index contributed by atoms with van der Waals surface area (Å²) in [5.74, 6) is 2.59. The van der Waals surface area contributed by atoms with Crippen LogP contribution in [0, 0.1) is 12.3 Å². The van der Waals surface area contributed by atoms with Gasteiger partial charge in [-0.3, -0.25) is 4.79 Å². The molecule has 0 fully saturated rings. The molecule has 0 aromatic carbocycles. The van der Waals surface area contributed by atoms with Gasteiger partial charge in [0.2, 0.25) is 5.91 Å². The van der Waals surface area contributed by atoms with Gasteiger partial charge in [0.15, 0.2) is 0 Å². The van der Waals surface area contributed by atoms with E-state index in [1.807, 2.05) is 6.92 Å². The number of terminal acetylenes is 1. The van der Waals surface area contributed by atoms with Crippen LogP contribution in [0.15, 0.2) is 0 Å². The molecule has 0 radical (unpaired) electrons. The Kier molecular flexibility index (Phi) is 7.82. The first-order valence-corrected chi connectivity index (χ1v) is 5.68. The molecule has 74 valence electrons. The Hall–Kier alpha value is -0.490. The first-order chi connectivity index (χ1) is 6.24. The number of carbonyl (C=O) groups excluding carboxylic acids is 1. The first-order valence-electron chi connectivity index (χ1n) is 4.56. The van der Waals surface area contributed by atoms with Crippen LogP contribution in [-0.4, -0.2) is 17.3 Å². The normalized spacial score (nSPS) is 11.8. The Labute approximate surface area is 88.6 Å². The van der Waals surface area contributed by atoms with Crippen LogP contribution in [0.4, 0.5) is 0 Å². The third kappa shape index (κ3) is 6.65. The minimum absolute atomic E-state index is 0.0609. The fourth-order valence-corrected chi connectivity index (χ4v) is 1.30. The maximum Gasteiger partial charge on any atom is 0.220 e. The smallest absolute Gasteiger partial charge is 0.220 e. The molecule has 0 saturated heterocycles. The Morgan fingerprint density at radius 2 is 2.31 bits per heavy atom. The maximum atomic E-state index is 11.2. The van der Waals surface area contributed by atoms with Crippen molar-refractivity contribution in [3.8, 4) is 12.3 Å². The van der Waals surface area contributed by atoms with E-state index in [0.717, 1.165) is 24.6 Å². The van der Waals surface area contributed by atoms with E-state index in [1.165, 1.54) is 0 Å². The lowest BCUT2D eigenvalue weighted by Crippen LogP contribution is -2.32. The molecule has 0 spiro atoms. The summed E-state index contributed by atoms with van der Waals surface area (Å²) in [5, 5.41) is 3.74. The molecule has 0 heterocycles. The lowest BCUT2D eigenvalue weighted by atomic mass is 10.2. The Morgan fingerprint density at radius 3 is 2.77 bits per heavy atom. The summed E-state index contributed by atoms with van der Waals surface area (Å²) in [6.07, 6.45) is 8.52. The van der Waals surface area contributed by atoms with Gasteiger partial charge in [-0.25, -0.2) is 0 Å². The third-order valence-corrected chi connectivity index (χ3v) is 2.29. The molecule has 0 aromatic rings. The van der Waals surface area contributed by atoms with E-state index < -0.39 is 0 Å². The van der Waals surface area contributed by atoms with Crippen molar-refractivity contribution in [3.05, 3.63) is 0 Å². The van der Waals surface area contributed by atoms with Crippen LogP contribution in [0.1, 0.15) is 32.6 Å². The second-order valence-electron chi connectivity index (χ2n) is 2.84. The largest absolute Gasteiger partial charge is 0.342 e. The number of unbranched alkanes of at least 4 members (excludes halogenated alkanes) is 1. The van der Waals surface area contributed by atoms with Crippen molar-refractivity contribution in [2.45, 2.75) is 38.6 Å². The van der Waals surface area contributed by atoms with Crippen molar-refractivity contribution in [1.82, 2.24) is 5.32 Å². The Bertz CT molecular complexity index is 186. The third-order valence-electron chi connectivity index (χ3n) is 1.73. The second kappa shape index (κ2) is 8.12. The van der Waals surface area contributed by atoms with E-state index in [9.17, 15) is 4.79 Å². The van der Waals surface area contributed by atoms with Gasteiger partial charge in [0, 0.05) is 11.8 Å². The predicted octanol–water partition coefficient (Wildman–Crippen LogP) is 2.08. The quantitative estimate of drug-likeness (QED) is 0.434. The lowest BCUT2D eigenvalue weighted by Gasteiger charge is -2.09. The maximum absolute atomic E-state index is 11.2. The van der Waals surface area contributed by atoms with E-state index in [2.05, 4.69) is 27.2 Å². The highest BCUT2D eigenvalue weighted by Gasteiger charge is 2.05. The van der Waals surface area contributed by atoms with Gasteiger partial charge in [0.25, 0.3) is 0 Å². The zero-order chi connectivity index (χ0) is 10.1. The predicted molar refractivity (Wildman–Crippen MR) is 58.7 cm³/mol. The molecule has 1 atom stereocenters. The van der Waals surface area contributed by atoms with Crippen LogP contribution in [0.5, 0.6) is 0 Å². The number of carbonyl (C=O) groups is 1. The Morgan fingerprint density at radius 1 is 1.62 bits per heavy atom. The number of hydrogen-bond acceptors (Lipinski definition) is 1. The molecule has 1 unspecified atom stereocenters. The van der Waals surface area contributed by atoms with Crippen LogP contribution in [-0.2, 0) is 4.79 Å². The lowest BCUT2D eigenvalue weighted by molar-refractivity contribution is -0.121. The van der Waals surface area contributed by atoms with Crippen molar-refractivity contribution < 1.29 is 4.79 Å². The number of amides is 1. The molecule has 13 heavy (non-hydrogen) atoms. The molecule has 0 aliphatic heterocycles. The molecular formula is C10H16BrNO. The fourth-order valence-electron chi connectivity index (χ4n) is 0.908. The van der Waals surface area contributed by atoms with E-state index >= 15 is 0 Å². The molecule has 1 N–H and O–H groups in total. The monoisotopic (exact) mass is 245 g/mol. The van der Waals surface area contributed by atoms with Crippen LogP contribution in [0.25, 0.3) is 0 Å². The van der Waals surface area contributed by atoms with E-state index in [1.54, 1.807) is 0 Å². The average molecular weight is 246 g/mol. The van der Waals surface area contributed by atoms with Crippen LogP contribution in [0.2, 0.25) is 0 Å². The summed E-state index contributed by atoms with van der Waals surface area (Å²) in [4.78, 5) is 11.2. The van der Waals surface area contributed by atoms with Crippen LogP contribution >= 0.6 is 15.9 Å². The van der Waals surface area contributed by atoms with Gasteiger partial charge < -0.3 is 5.32 Å². The van der Waals surface area contributed by atoms with Crippen molar-refractivity contribution in [3.63, 3.8) is 0 Å². The number of alkyl halides is 1. The van der Waals surface area contributed by atoms with Crippen molar-refractivity contribution in [2.75, 3.05) is 5.33 Å². The number of hydrogen-bond donors (Lipinski definition) is 1. The van der Waals surface area contributed by atoms with Crippen molar-refractivity contribution in [1.29, 1.82) is 0 Å². The number of halogens is 1. The van der Waals surface area contributed by atoms with Gasteiger partial charge in [0.1, 0.15) is 0 Å². The summed E-state index contributed by atoms with van der Waals surface area (Å²) in [6.45, 7) is 1.96. The van der Waals surface area contributed by atoms with E-state index in [4.69, 9.17) is 6.42 Å². The standard InChI is InChI=1S/C10H16BrNO/c1-3-9(4-2)12-10(13)7-5-6-8-11/h1,9H,4-8H2,2H3,(H,12,13).